The maximum absolute atomic E-state index is 13.3. The molecule has 0 bridgehead atoms. The molecule has 0 unspecified atom stereocenters. The molecule has 0 aliphatic heterocycles. The van der Waals surface area contributed by atoms with Crippen molar-refractivity contribution in [1.82, 2.24) is 5.32 Å². The van der Waals surface area contributed by atoms with Gasteiger partial charge in [-0.05, 0) is 12.1 Å². The van der Waals surface area contributed by atoms with E-state index < -0.39 is 28.8 Å². The summed E-state index contributed by atoms with van der Waals surface area (Å²) in [5.41, 5.74) is -1.10. The minimum atomic E-state index is -1.48. The molecule has 6 heteroatoms. The number of carbonyl (C=O) groups is 3. The van der Waals surface area contributed by atoms with E-state index in [-0.39, 0.29) is 6.41 Å². The molecular weight excluding hydrogens is 205 g/mol. The van der Waals surface area contributed by atoms with E-state index in [0.29, 0.717) is 0 Å². The van der Waals surface area contributed by atoms with Crippen molar-refractivity contribution in [2.75, 3.05) is 0 Å². The van der Waals surface area contributed by atoms with Crippen LogP contribution in [0, 0.1) is 5.82 Å². The summed E-state index contributed by atoms with van der Waals surface area (Å²) < 4.78 is 13.3. The number of halogens is 1. The summed E-state index contributed by atoms with van der Waals surface area (Å²) in [6.07, 6.45) is 0.0925. The summed E-state index contributed by atoms with van der Waals surface area (Å²) in [5.74, 6) is -3.62. The average Bonchev–Trinajstić information content (AvgIpc) is 2.17. The van der Waals surface area contributed by atoms with E-state index >= 15 is 0 Å². The second-order valence-corrected chi connectivity index (χ2v) is 2.56. The SMILES string of the molecule is O=CNC(=O)c1cccc(C(=O)O)c1F. The van der Waals surface area contributed by atoms with Crippen molar-refractivity contribution in [1.29, 1.82) is 0 Å². The molecule has 1 rings (SSSR count). The maximum Gasteiger partial charge on any atom is 0.338 e. The van der Waals surface area contributed by atoms with Gasteiger partial charge < -0.3 is 5.11 Å². The Bertz CT molecular complexity index is 430. The van der Waals surface area contributed by atoms with Crippen molar-refractivity contribution < 1.29 is 23.9 Å². The van der Waals surface area contributed by atoms with Crippen LogP contribution in [0.1, 0.15) is 20.7 Å². The molecule has 1 aromatic carbocycles. The lowest BCUT2D eigenvalue weighted by atomic mass is 10.1. The Labute approximate surface area is 83.5 Å². The molecule has 78 valence electrons. The fourth-order valence-corrected chi connectivity index (χ4v) is 1.00. The third kappa shape index (κ3) is 2.16. The van der Waals surface area contributed by atoms with Crippen LogP contribution in [0.4, 0.5) is 4.39 Å². The van der Waals surface area contributed by atoms with E-state index in [1.54, 1.807) is 5.32 Å². The monoisotopic (exact) mass is 211 g/mol. The largest absolute Gasteiger partial charge is 0.478 e. The number of imide groups is 1. The summed E-state index contributed by atoms with van der Waals surface area (Å²) in [4.78, 5) is 31.5. The van der Waals surface area contributed by atoms with Crippen LogP contribution in [0.25, 0.3) is 0 Å². The van der Waals surface area contributed by atoms with Crippen LogP contribution in [-0.4, -0.2) is 23.4 Å². The zero-order chi connectivity index (χ0) is 11.4. The Morgan fingerprint density at radius 3 is 2.47 bits per heavy atom. The van der Waals surface area contributed by atoms with Crippen LogP contribution >= 0.6 is 0 Å². The maximum atomic E-state index is 13.3. The van der Waals surface area contributed by atoms with Gasteiger partial charge in [0.15, 0.2) is 0 Å². The molecule has 0 aliphatic carbocycles. The fourth-order valence-electron chi connectivity index (χ4n) is 1.00. The molecule has 0 aliphatic rings. The Hall–Kier alpha value is -2.24. The third-order valence-corrected chi connectivity index (χ3v) is 1.66. The molecule has 0 heterocycles. The molecular formula is C9H6FNO4. The van der Waals surface area contributed by atoms with Crippen molar-refractivity contribution in [2.24, 2.45) is 0 Å². The average molecular weight is 211 g/mol. The summed E-state index contributed by atoms with van der Waals surface area (Å²) in [6.45, 7) is 0. The minimum Gasteiger partial charge on any atom is -0.478 e. The van der Waals surface area contributed by atoms with Crippen LogP contribution in [0.2, 0.25) is 0 Å². The third-order valence-electron chi connectivity index (χ3n) is 1.66. The van der Waals surface area contributed by atoms with E-state index in [1.165, 1.54) is 6.07 Å². The van der Waals surface area contributed by atoms with E-state index in [0.717, 1.165) is 12.1 Å². The minimum absolute atomic E-state index is 0.0925. The number of benzene rings is 1. The van der Waals surface area contributed by atoms with Gasteiger partial charge in [0.2, 0.25) is 6.41 Å². The quantitative estimate of drug-likeness (QED) is 0.709. The topological polar surface area (TPSA) is 83.5 Å². The van der Waals surface area contributed by atoms with Gasteiger partial charge in [0, 0.05) is 0 Å². The van der Waals surface area contributed by atoms with Gasteiger partial charge in [-0.2, -0.15) is 0 Å². The van der Waals surface area contributed by atoms with Gasteiger partial charge in [-0.15, -0.1) is 0 Å². The smallest absolute Gasteiger partial charge is 0.338 e. The van der Waals surface area contributed by atoms with Gasteiger partial charge in [0.1, 0.15) is 5.82 Å². The van der Waals surface area contributed by atoms with Gasteiger partial charge in [0.05, 0.1) is 11.1 Å². The second-order valence-electron chi connectivity index (χ2n) is 2.56. The zero-order valence-electron chi connectivity index (χ0n) is 7.36. The first kappa shape index (κ1) is 10.8. The van der Waals surface area contributed by atoms with Crippen molar-refractivity contribution in [3.05, 3.63) is 35.1 Å². The number of hydrogen-bond donors (Lipinski definition) is 2. The predicted molar refractivity (Wildman–Crippen MR) is 46.9 cm³/mol. The van der Waals surface area contributed by atoms with Gasteiger partial charge in [0.25, 0.3) is 5.91 Å². The van der Waals surface area contributed by atoms with Crippen molar-refractivity contribution >= 4 is 18.3 Å². The van der Waals surface area contributed by atoms with Crippen molar-refractivity contribution in [3.8, 4) is 0 Å². The molecule has 2 N–H and O–H groups in total. The highest BCUT2D eigenvalue weighted by atomic mass is 19.1. The first-order valence-corrected chi connectivity index (χ1v) is 3.84. The molecule has 0 saturated heterocycles. The summed E-state index contributed by atoms with van der Waals surface area (Å²) >= 11 is 0. The van der Waals surface area contributed by atoms with Gasteiger partial charge in [-0.25, -0.2) is 9.18 Å². The van der Waals surface area contributed by atoms with Crippen LogP contribution in [0.15, 0.2) is 18.2 Å². The Morgan fingerprint density at radius 1 is 1.33 bits per heavy atom. The number of carboxylic acids is 1. The summed E-state index contributed by atoms with van der Waals surface area (Å²) in [7, 11) is 0. The molecule has 0 fully saturated rings. The highest BCUT2D eigenvalue weighted by Crippen LogP contribution is 2.12. The Morgan fingerprint density at radius 2 is 1.93 bits per heavy atom. The van der Waals surface area contributed by atoms with Crippen LogP contribution in [0.3, 0.4) is 0 Å². The summed E-state index contributed by atoms with van der Waals surface area (Å²) in [5, 5.41) is 10.3. The number of aromatic carboxylic acids is 1. The molecule has 0 spiro atoms. The molecule has 5 nitrogen and oxygen atoms in total. The van der Waals surface area contributed by atoms with E-state index in [1.807, 2.05) is 0 Å². The number of rotatable bonds is 3. The Balaban J connectivity index is 3.20. The van der Waals surface area contributed by atoms with Crippen LogP contribution in [0.5, 0.6) is 0 Å². The Kier molecular flexibility index (Phi) is 3.12. The van der Waals surface area contributed by atoms with E-state index in [9.17, 15) is 18.8 Å². The van der Waals surface area contributed by atoms with Gasteiger partial charge in [-0.1, -0.05) is 6.07 Å². The molecule has 0 saturated carbocycles. The van der Waals surface area contributed by atoms with Gasteiger partial charge >= 0.3 is 5.97 Å². The number of amides is 2. The lowest BCUT2D eigenvalue weighted by molar-refractivity contribution is -0.108. The lowest BCUT2D eigenvalue weighted by Gasteiger charge is -2.02. The number of nitrogens with one attached hydrogen (secondary N) is 1. The standard InChI is InChI=1S/C9H6FNO4/c10-7-5(8(13)11-4-12)2-1-3-6(7)9(14)15/h1-4H,(H,14,15)(H,11,12,13). The molecule has 0 atom stereocenters. The molecule has 0 aromatic heterocycles. The highest BCUT2D eigenvalue weighted by Gasteiger charge is 2.17. The van der Waals surface area contributed by atoms with Crippen LogP contribution in [-0.2, 0) is 4.79 Å². The van der Waals surface area contributed by atoms with Crippen molar-refractivity contribution in [2.45, 2.75) is 0 Å². The molecule has 0 radical (unpaired) electrons. The summed E-state index contributed by atoms with van der Waals surface area (Å²) in [6, 6.07) is 3.32. The molecule has 1 aromatic rings. The normalized spacial score (nSPS) is 9.40. The second kappa shape index (κ2) is 4.32. The van der Waals surface area contributed by atoms with E-state index in [4.69, 9.17) is 5.11 Å². The van der Waals surface area contributed by atoms with Gasteiger partial charge in [-0.3, -0.25) is 14.9 Å². The number of carbonyl (C=O) groups excluding carboxylic acids is 2. The number of hydrogen-bond acceptors (Lipinski definition) is 3. The molecule has 15 heavy (non-hydrogen) atoms. The zero-order valence-corrected chi connectivity index (χ0v) is 7.36. The van der Waals surface area contributed by atoms with Crippen molar-refractivity contribution in [3.63, 3.8) is 0 Å². The lowest BCUT2D eigenvalue weighted by Crippen LogP contribution is -2.23. The number of carboxylic acid groups (broad SMARTS) is 1. The molecule has 2 amide bonds. The first-order valence-electron chi connectivity index (χ1n) is 3.84. The fraction of sp³-hybridized carbons (Fsp3) is 0. The predicted octanol–water partition coefficient (Wildman–Crippen LogP) is 0.410. The highest BCUT2D eigenvalue weighted by molar-refractivity contribution is 6.01. The van der Waals surface area contributed by atoms with Crippen LogP contribution < -0.4 is 5.32 Å². The van der Waals surface area contributed by atoms with E-state index in [2.05, 4.69) is 0 Å². The first-order chi connectivity index (χ1) is 7.07.